The Morgan fingerprint density at radius 2 is 0.390 bits per heavy atom. The number of unbranched alkanes of at least 4 members (excludes halogenated alkanes) is 38. The second kappa shape index (κ2) is 44.8. The number of hydrogen-bond donors (Lipinski definition) is 0. The predicted molar refractivity (Wildman–Crippen MR) is 464 cm³/mol. The molecule has 0 saturated heterocycles. The van der Waals surface area contributed by atoms with Gasteiger partial charge in [0.05, 0.1) is 0 Å². The molecular formula is C104H151N. The SMILES string of the molecule is CCCCCCCCC1(CCCCCCCC)c2cc(C)ccc2-c2ccc(-c3cncc(C)c3)cc21.CCCCCCCCCCCCC1(CCCCCCCCCCCC)c2cc(C)ccc2-c2ccc(-c3ccc4c(c3)C(CCCCCCCC)(CCCCCCCC)c3cc(C)ccc3-4)cc21. The summed E-state index contributed by atoms with van der Waals surface area (Å²) >= 11 is 0. The van der Waals surface area contributed by atoms with Gasteiger partial charge in [0, 0.05) is 34.2 Å². The van der Waals surface area contributed by atoms with Crippen LogP contribution in [0.2, 0.25) is 0 Å². The molecule has 0 fully saturated rings. The molecule has 10 rings (SSSR count). The van der Waals surface area contributed by atoms with E-state index in [2.05, 4.69) is 189 Å². The first-order valence-corrected chi connectivity index (χ1v) is 45.2. The van der Waals surface area contributed by atoms with Crippen LogP contribution in [-0.4, -0.2) is 4.98 Å². The number of rotatable bonds is 52. The van der Waals surface area contributed by atoms with E-state index in [-0.39, 0.29) is 16.2 Å². The van der Waals surface area contributed by atoms with Gasteiger partial charge in [-0.05, 0) is 180 Å². The van der Waals surface area contributed by atoms with E-state index in [1.54, 1.807) is 33.4 Å². The first-order valence-electron chi connectivity index (χ1n) is 45.2. The van der Waals surface area contributed by atoms with E-state index in [0.717, 1.165) is 0 Å². The average molecular weight is 1420 g/mol. The van der Waals surface area contributed by atoms with Crippen molar-refractivity contribution in [1.82, 2.24) is 4.98 Å². The van der Waals surface area contributed by atoms with Gasteiger partial charge in [-0.15, -0.1) is 0 Å². The molecule has 0 amide bonds. The number of aromatic nitrogens is 1. The van der Waals surface area contributed by atoms with E-state index in [1.807, 2.05) is 12.4 Å². The van der Waals surface area contributed by atoms with Crippen molar-refractivity contribution in [2.45, 2.75) is 407 Å². The average Bonchev–Trinajstić information content (AvgIpc) is 1.58. The molecule has 0 bridgehead atoms. The quantitative estimate of drug-likeness (QED) is 0.0346. The van der Waals surface area contributed by atoms with Crippen molar-refractivity contribution in [3.63, 3.8) is 0 Å². The highest BCUT2D eigenvalue weighted by molar-refractivity contribution is 5.88. The number of aryl methyl sites for hydroxylation is 4. The second-order valence-corrected chi connectivity index (χ2v) is 34.4. The third kappa shape index (κ3) is 22.8. The first-order chi connectivity index (χ1) is 51.5. The van der Waals surface area contributed by atoms with E-state index < -0.39 is 0 Å². The van der Waals surface area contributed by atoms with Gasteiger partial charge in [0.25, 0.3) is 0 Å². The van der Waals surface area contributed by atoms with Gasteiger partial charge in [-0.2, -0.15) is 0 Å². The van der Waals surface area contributed by atoms with Gasteiger partial charge in [0.2, 0.25) is 0 Å². The summed E-state index contributed by atoms with van der Waals surface area (Å²) in [5.41, 5.74) is 30.0. The highest BCUT2D eigenvalue weighted by Gasteiger charge is 2.46. The van der Waals surface area contributed by atoms with E-state index in [1.165, 1.54) is 399 Å². The number of pyridine rings is 1. The van der Waals surface area contributed by atoms with Gasteiger partial charge < -0.3 is 0 Å². The molecule has 3 aliphatic rings. The molecule has 1 heterocycles. The summed E-state index contributed by atoms with van der Waals surface area (Å²) in [6.07, 6.45) is 72.2. The normalized spacial score (nSPS) is 13.8. The third-order valence-electron chi connectivity index (χ3n) is 25.8. The largest absolute Gasteiger partial charge is 0.264 e. The molecule has 0 saturated carbocycles. The topological polar surface area (TPSA) is 12.9 Å². The highest BCUT2D eigenvalue weighted by Crippen LogP contribution is 2.59. The molecule has 0 N–H and O–H groups in total. The van der Waals surface area contributed by atoms with Crippen molar-refractivity contribution in [3.05, 3.63) is 183 Å². The van der Waals surface area contributed by atoms with Gasteiger partial charge in [-0.1, -0.05) is 432 Å². The van der Waals surface area contributed by atoms with Gasteiger partial charge in [0.15, 0.2) is 0 Å². The zero-order valence-corrected chi connectivity index (χ0v) is 69.4. The summed E-state index contributed by atoms with van der Waals surface area (Å²) in [6.45, 7) is 23.1. The van der Waals surface area contributed by atoms with E-state index in [4.69, 9.17) is 0 Å². The Morgan fingerprint density at radius 3 is 0.619 bits per heavy atom. The molecule has 572 valence electrons. The van der Waals surface area contributed by atoms with Crippen molar-refractivity contribution in [1.29, 1.82) is 0 Å². The van der Waals surface area contributed by atoms with Crippen LogP contribution in [0.1, 0.15) is 418 Å². The molecule has 1 aromatic heterocycles. The number of fused-ring (bicyclic) bond motifs is 9. The molecule has 1 nitrogen and oxygen atoms in total. The lowest BCUT2D eigenvalue weighted by molar-refractivity contribution is 0.396. The molecule has 1 heteroatoms. The molecule has 7 aromatic rings. The van der Waals surface area contributed by atoms with Gasteiger partial charge in [0.1, 0.15) is 0 Å². The first kappa shape index (κ1) is 83.5. The number of benzene rings is 6. The Balaban J connectivity index is 0.000000289. The Kier molecular flexibility index (Phi) is 35.6. The van der Waals surface area contributed by atoms with Crippen LogP contribution < -0.4 is 0 Å². The molecule has 0 radical (unpaired) electrons. The molecule has 6 aromatic carbocycles. The fourth-order valence-electron chi connectivity index (χ4n) is 19.7. The molecule has 0 spiro atoms. The van der Waals surface area contributed by atoms with Crippen LogP contribution in [0, 0.1) is 27.7 Å². The lowest BCUT2D eigenvalue weighted by Gasteiger charge is -2.34. The molecular weight excluding hydrogens is 1260 g/mol. The summed E-state index contributed by atoms with van der Waals surface area (Å²) < 4.78 is 0. The highest BCUT2D eigenvalue weighted by atomic mass is 14.6. The molecule has 105 heavy (non-hydrogen) atoms. The standard InChI is InChI=1S/C68H102.C36H49N/c1-7-11-15-19-23-25-27-29-33-37-49-68(50-38-34-30-28-26-24-20-16-12-8-2)64-52-56(6)40-44-60(64)62-46-42-58(54-66(62)68)57-41-45-61-59-43-39-55(5)51-63(59)67(65(61)53-57,47-35-31-21-17-13-9-3)48-36-32-22-18-14-10-4;1-5-7-9-11-13-15-21-36(22-16-14-12-10-8-6-2)34-24-28(3)17-19-32(34)33-20-18-30(25-35(33)36)31-23-29(4)26-37-27-31/h39-46,51-54H,7-38,47-50H2,1-6H3;17-20,23-27H,5-16,21-22H2,1-4H3. The lowest BCUT2D eigenvalue weighted by atomic mass is 9.69. The Bertz CT molecular complexity index is 3590. The maximum absolute atomic E-state index is 4.51. The number of hydrogen-bond acceptors (Lipinski definition) is 1. The van der Waals surface area contributed by atoms with Crippen molar-refractivity contribution in [3.8, 4) is 55.6 Å². The van der Waals surface area contributed by atoms with E-state index in [9.17, 15) is 0 Å². The van der Waals surface area contributed by atoms with Crippen LogP contribution in [-0.2, 0) is 16.2 Å². The minimum Gasteiger partial charge on any atom is -0.264 e. The minimum atomic E-state index is 0.0940. The maximum atomic E-state index is 4.51. The van der Waals surface area contributed by atoms with Crippen molar-refractivity contribution in [2.24, 2.45) is 0 Å². The Hall–Kier alpha value is -5.53. The van der Waals surface area contributed by atoms with Crippen molar-refractivity contribution < 1.29 is 0 Å². The Labute approximate surface area is 646 Å². The van der Waals surface area contributed by atoms with E-state index in [0.29, 0.717) is 0 Å². The fourth-order valence-corrected chi connectivity index (χ4v) is 19.7. The van der Waals surface area contributed by atoms with Crippen molar-refractivity contribution >= 4 is 0 Å². The predicted octanol–water partition coefficient (Wildman–Crippen LogP) is 33.8. The summed E-state index contributed by atoms with van der Waals surface area (Å²) in [7, 11) is 0. The summed E-state index contributed by atoms with van der Waals surface area (Å²) in [5.74, 6) is 0. The van der Waals surface area contributed by atoms with E-state index >= 15 is 0 Å². The maximum Gasteiger partial charge on any atom is 0.0346 e. The van der Waals surface area contributed by atoms with Crippen LogP contribution in [0.15, 0.2) is 128 Å². The smallest absolute Gasteiger partial charge is 0.0346 e. The second-order valence-electron chi connectivity index (χ2n) is 34.4. The van der Waals surface area contributed by atoms with Crippen LogP contribution in [0.3, 0.4) is 0 Å². The van der Waals surface area contributed by atoms with Crippen LogP contribution in [0.5, 0.6) is 0 Å². The van der Waals surface area contributed by atoms with Crippen molar-refractivity contribution in [2.75, 3.05) is 0 Å². The molecule has 0 aliphatic heterocycles. The zero-order chi connectivity index (χ0) is 74.0. The van der Waals surface area contributed by atoms with Gasteiger partial charge >= 0.3 is 0 Å². The zero-order valence-electron chi connectivity index (χ0n) is 69.4. The number of nitrogens with zero attached hydrogens (tertiary/aromatic N) is 1. The van der Waals surface area contributed by atoms with Crippen LogP contribution >= 0.6 is 0 Å². The molecule has 3 aliphatic carbocycles. The molecule has 0 unspecified atom stereocenters. The lowest BCUT2D eigenvalue weighted by Crippen LogP contribution is -2.26. The summed E-state index contributed by atoms with van der Waals surface area (Å²) in [5, 5.41) is 0. The summed E-state index contributed by atoms with van der Waals surface area (Å²) in [4.78, 5) is 4.51. The Morgan fingerprint density at radius 1 is 0.190 bits per heavy atom. The van der Waals surface area contributed by atoms with Gasteiger partial charge in [-0.25, -0.2) is 0 Å². The van der Waals surface area contributed by atoms with Crippen LogP contribution in [0.4, 0.5) is 0 Å². The van der Waals surface area contributed by atoms with Crippen LogP contribution in [0.25, 0.3) is 55.6 Å². The molecule has 0 atom stereocenters. The third-order valence-corrected chi connectivity index (χ3v) is 25.8. The van der Waals surface area contributed by atoms with Gasteiger partial charge in [-0.3, -0.25) is 4.98 Å². The summed E-state index contributed by atoms with van der Waals surface area (Å²) in [6, 6.07) is 47.3. The fraction of sp³-hybridized carbons (Fsp3) is 0.606. The monoisotopic (exact) mass is 1410 g/mol. The minimum absolute atomic E-state index is 0.0940.